The highest BCUT2D eigenvalue weighted by atomic mass is 19.1. The van der Waals surface area contributed by atoms with Crippen molar-refractivity contribution in [1.29, 1.82) is 0 Å². The summed E-state index contributed by atoms with van der Waals surface area (Å²) in [5, 5.41) is 9.59. The molecule has 3 fully saturated rings. The normalized spacial score (nSPS) is 27.7. The van der Waals surface area contributed by atoms with Crippen molar-refractivity contribution in [1.82, 2.24) is 9.80 Å². The van der Waals surface area contributed by atoms with E-state index in [-0.39, 0.29) is 29.2 Å². The molecular formula is C21H29FN2O3. The summed E-state index contributed by atoms with van der Waals surface area (Å²) in [6.45, 7) is 4.93. The number of carbonyl (C=O) groups excluding carboxylic acids is 1. The van der Waals surface area contributed by atoms with Crippen LogP contribution in [-0.4, -0.2) is 66.8 Å². The van der Waals surface area contributed by atoms with Crippen molar-refractivity contribution in [2.45, 2.75) is 32.2 Å². The molecule has 1 unspecified atom stereocenters. The lowest BCUT2D eigenvalue weighted by molar-refractivity contribution is -0.142. The molecule has 2 aliphatic heterocycles. The lowest BCUT2D eigenvalue weighted by Crippen LogP contribution is -2.51. The van der Waals surface area contributed by atoms with Gasteiger partial charge in [-0.2, -0.15) is 0 Å². The van der Waals surface area contributed by atoms with Crippen molar-refractivity contribution in [3.63, 3.8) is 0 Å². The summed E-state index contributed by atoms with van der Waals surface area (Å²) in [4.78, 5) is 17.5. The van der Waals surface area contributed by atoms with E-state index in [1.807, 2.05) is 17.0 Å². The Bertz CT molecular complexity index is 684. The van der Waals surface area contributed by atoms with Crippen molar-refractivity contribution < 1.29 is 19.0 Å². The van der Waals surface area contributed by atoms with E-state index in [9.17, 15) is 14.3 Å². The highest BCUT2D eigenvalue weighted by Gasteiger charge is 2.71. The number of hydrogen-bond donors (Lipinski definition) is 1. The number of carbonyl (C=O) groups is 1. The number of benzene rings is 1. The van der Waals surface area contributed by atoms with Gasteiger partial charge in [0.05, 0.1) is 5.41 Å². The average molecular weight is 376 g/mol. The summed E-state index contributed by atoms with van der Waals surface area (Å²) < 4.78 is 19.4. The SMILES string of the molecule is O=C(N1CCN(Cc2ccccc2F)CC1)C1(CCO)CC12CCOCC2. The zero-order chi connectivity index (χ0) is 18.9. The van der Waals surface area contributed by atoms with E-state index in [0.29, 0.717) is 31.6 Å². The molecule has 1 amide bonds. The summed E-state index contributed by atoms with van der Waals surface area (Å²) in [6, 6.07) is 6.88. The number of aliphatic hydroxyl groups excluding tert-OH is 1. The zero-order valence-corrected chi connectivity index (χ0v) is 15.8. The van der Waals surface area contributed by atoms with Gasteiger partial charge in [0.1, 0.15) is 5.82 Å². The molecule has 2 saturated heterocycles. The maximum Gasteiger partial charge on any atom is 0.229 e. The van der Waals surface area contributed by atoms with Gasteiger partial charge in [-0.25, -0.2) is 4.39 Å². The molecule has 148 valence electrons. The van der Waals surface area contributed by atoms with Gasteiger partial charge in [0.2, 0.25) is 5.91 Å². The molecule has 1 aliphatic carbocycles. The summed E-state index contributed by atoms with van der Waals surface area (Å²) >= 11 is 0. The number of halogens is 1. The third kappa shape index (κ3) is 3.39. The van der Waals surface area contributed by atoms with E-state index >= 15 is 0 Å². The molecule has 1 aromatic carbocycles. The Kier molecular flexibility index (Phi) is 5.23. The first-order valence-corrected chi connectivity index (χ1v) is 10.0. The molecule has 1 saturated carbocycles. The number of hydrogen-bond acceptors (Lipinski definition) is 4. The Morgan fingerprint density at radius 3 is 2.52 bits per heavy atom. The van der Waals surface area contributed by atoms with Crippen molar-refractivity contribution in [2.75, 3.05) is 46.0 Å². The molecule has 1 N–H and O–H groups in total. The molecule has 0 bridgehead atoms. The molecule has 0 aromatic heterocycles. The average Bonchev–Trinajstić information content (AvgIpc) is 3.30. The lowest BCUT2D eigenvalue weighted by Gasteiger charge is -2.38. The molecule has 1 atom stereocenters. The van der Waals surface area contributed by atoms with Crippen molar-refractivity contribution in [3.8, 4) is 0 Å². The Labute approximate surface area is 160 Å². The fraction of sp³-hybridized carbons (Fsp3) is 0.667. The van der Waals surface area contributed by atoms with Crippen LogP contribution in [-0.2, 0) is 16.1 Å². The van der Waals surface area contributed by atoms with Crippen LogP contribution in [0.2, 0.25) is 0 Å². The molecule has 5 nitrogen and oxygen atoms in total. The number of aliphatic hydroxyl groups is 1. The second-order valence-electron chi connectivity index (χ2n) is 8.28. The van der Waals surface area contributed by atoms with Gasteiger partial charge in [-0.05, 0) is 37.2 Å². The van der Waals surface area contributed by atoms with Gasteiger partial charge in [0.15, 0.2) is 0 Å². The van der Waals surface area contributed by atoms with Gasteiger partial charge in [-0.1, -0.05) is 18.2 Å². The molecule has 3 aliphatic rings. The number of nitrogens with zero attached hydrogens (tertiary/aromatic N) is 2. The van der Waals surface area contributed by atoms with Crippen LogP contribution in [0.25, 0.3) is 0 Å². The van der Waals surface area contributed by atoms with E-state index in [0.717, 1.165) is 45.6 Å². The molecule has 0 radical (unpaired) electrons. The van der Waals surface area contributed by atoms with Crippen LogP contribution < -0.4 is 0 Å². The largest absolute Gasteiger partial charge is 0.396 e. The van der Waals surface area contributed by atoms with Crippen LogP contribution >= 0.6 is 0 Å². The smallest absolute Gasteiger partial charge is 0.229 e. The van der Waals surface area contributed by atoms with E-state index in [4.69, 9.17) is 4.74 Å². The second kappa shape index (κ2) is 7.49. The Hall–Kier alpha value is -1.50. The Morgan fingerprint density at radius 1 is 1.15 bits per heavy atom. The van der Waals surface area contributed by atoms with E-state index in [1.165, 1.54) is 6.07 Å². The number of rotatable bonds is 5. The third-order valence-electron chi connectivity index (χ3n) is 6.94. The monoisotopic (exact) mass is 376 g/mol. The molecule has 1 aromatic rings. The summed E-state index contributed by atoms with van der Waals surface area (Å²) in [7, 11) is 0. The van der Waals surface area contributed by atoms with Crippen LogP contribution in [0, 0.1) is 16.6 Å². The van der Waals surface area contributed by atoms with Crippen molar-refractivity contribution >= 4 is 5.91 Å². The maximum absolute atomic E-state index is 13.9. The van der Waals surface area contributed by atoms with Gasteiger partial charge in [0, 0.05) is 58.1 Å². The van der Waals surface area contributed by atoms with Crippen LogP contribution in [0.1, 0.15) is 31.2 Å². The first-order chi connectivity index (χ1) is 13.1. The maximum atomic E-state index is 13.9. The summed E-state index contributed by atoms with van der Waals surface area (Å²) in [5.74, 6) is 0.0429. The molecule has 4 rings (SSSR count). The number of amides is 1. The lowest BCUT2D eigenvalue weighted by atomic mass is 9.83. The van der Waals surface area contributed by atoms with Crippen molar-refractivity contribution in [3.05, 3.63) is 35.6 Å². The summed E-state index contributed by atoms with van der Waals surface area (Å²) in [6.07, 6.45) is 3.29. The van der Waals surface area contributed by atoms with Crippen molar-refractivity contribution in [2.24, 2.45) is 10.8 Å². The molecule has 1 spiro atoms. The minimum atomic E-state index is -0.390. The number of ether oxygens (including phenoxy) is 1. The number of piperazine rings is 1. The second-order valence-corrected chi connectivity index (χ2v) is 8.28. The first-order valence-electron chi connectivity index (χ1n) is 10.0. The fourth-order valence-electron chi connectivity index (χ4n) is 5.18. The van der Waals surface area contributed by atoms with E-state index < -0.39 is 0 Å². The predicted molar refractivity (Wildman–Crippen MR) is 99.5 cm³/mol. The third-order valence-corrected chi connectivity index (χ3v) is 6.94. The van der Waals surface area contributed by atoms with Gasteiger partial charge in [0.25, 0.3) is 0 Å². The molecule has 6 heteroatoms. The highest BCUT2D eigenvalue weighted by Crippen LogP contribution is 2.71. The zero-order valence-electron chi connectivity index (χ0n) is 15.8. The van der Waals surface area contributed by atoms with Gasteiger partial charge >= 0.3 is 0 Å². The van der Waals surface area contributed by atoms with Crippen LogP contribution in [0.15, 0.2) is 24.3 Å². The van der Waals surface area contributed by atoms with E-state index in [2.05, 4.69) is 4.90 Å². The van der Waals surface area contributed by atoms with Gasteiger partial charge < -0.3 is 14.7 Å². The fourth-order valence-corrected chi connectivity index (χ4v) is 5.18. The Balaban J connectivity index is 1.37. The van der Waals surface area contributed by atoms with Gasteiger partial charge in [-0.15, -0.1) is 0 Å². The minimum absolute atomic E-state index is 0.0371. The molecule has 27 heavy (non-hydrogen) atoms. The summed E-state index contributed by atoms with van der Waals surface area (Å²) in [5.41, 5.74) is 0.353. The topological polar surface area (TPSA) is 53.0 Å². The predicted octanol–water partition coefficient (Wildman–Crippen LogP) is 2.04. The first kappa shape index (κ1) is 18.8. The Morgan fingerprint density at radius 2 is 1.85 bits per heavy atom. The van der Waals surface area contributed by atoms with Crippen LogP contribution in [0.5, 0.6) is 0 Å². The molecule has 2 heterocycles. The quantitative estimate of drug-likeness (QED) is 0.855. The minimum Gasteiger partial charge on any atom is -0.396 e. The molecular weight excluding hydrogens is 347 g/mol. The van der Waals surface area contributed by atoms with E-state index in [1.54, 1.807) is 6.07 Å². The van der Waals surface area contributed by atoms with Crippen LogP contribution in [0.3, 0.4) is 0 Å². The highest BCUT2D eigenvalue weighted by molar-refractivity contribution is 5.87. The van der Waals surface area contributed by atoms with Gasteiger partial charge in [-0.3, -0.25) is 9.69 Å². The standard InChI is InChI=1S/C21H29FN2O3/c22-18-4-2-1-3-17(18)15-23-8-10-24(11-9-23)19(26)21(5-12-25)16-20(21)6-13-27-14-7-20/h1-4,25H,5-16H2. The van der Waals surface area contributed by atoms with Crippen LogP contribution in [0.4, 0.5) is 4.39 Å².